The van der Waals surface area contributed by atoms with E-state index in [4.69, 9.17) is 16.3 Å². The monoisotopic (exact) mass is 414 g/mol. The minimum atomic E-state index is -0.964. The van der Waals surface area contributed by atoms with E-state index in [2.05, 4.69) is 5.32 Å². The largest absolute Gasteiger partial charge is 0.447 e. The third kappa shape index (κ3) is 5.81. The van der Waals surface area contributed by atoms with Gasteiger partial charge in [0.2, 0.25) is 6.10 Å². The predicted molar refractivity (Wildman–Crippen MR) is 109 cm³/mol. The number of ether oxygens (including phenoxy) is 1. The van der Waals surface area contributed by atoms with Crippen molar-refractivity contribution >= 4 is 29.4 Å². The lowest BCUT2D eigenvalue weighted by atomic mass is 10.1. The van der Waals surface area contributed by atoms with Gasteiger partial charge >= 0.3 is 5.97 Å². The van der Waals surface area contributed by atoms with Gasteiger partial charge in [-0.15, -0.1) is 0 Å². The smallest absolute Gasteiger partial charge is 0.308 e. The van der Waals surface area contributed by atoms with Crippen LogP contribution in [0.25, 0.3) is 0 Å². The summed E-state index contributed by atoms with van der Waals surface area (Å²) in [5.74, 6) is -1.04. The van der Waals surface area contributed by atoms with Crippen molar-refractivity contribution in [1.82, 2.24) is 10.2 Å². The Morgan fingerprint density at radius 3 is 2.31 bits per heavy atom. The van der Waals surface area contributed by atoms with Gasteiger partial charge in [0.15, 0.2) is 0 Å². The fourth-order valence-electron chi connectivity index (χ4n) is 3.16. The van der Waals surface area contributed by atoms with Crippen LogP contribution in [0.1, 0.15) is 41.3 Å². The highest BCUT2D eigenvalue weighted by Crippen LogP contribution is 2.23. The zero-order valence-corrected chi connectivity index (χ0v) is 16.7. The van der Waals surface area contributed by atoms with Crippen LogP contribution in [0.2, 0.25) is 5.02 Å². The van der Waals surface area contributed by atoms with E-state index in [0.717, 1.165) is 12.8 Å². The highest BCUT2D eigenvalue weighted by atomic mass is 35.5. The Bertz CT molecular complexity index is 849. The van der Waals surface area contributed by atoms with Crippen molar-refractivity contribution in [3.8, 4) is 0 Å². The van der Waals surface area contributed by atoms with Gasteiger partial charge in [0.05, 0.1) is 6.42 Å². The van der Waals surface area contributed by atoms with E-state index in [0.29, 0.717) is 29.2 Å². The Balaban J connectivity index is 1.56. The van der Waals surface area contributed by atoms with Crippen molar-refractivity contribution in [2.75, 3.05) is 19.6 Å². The molecular weight excluding hydrogens is 392 g/mol. The molecule has 0 bridgehead atoms. The number of halogens is 1. The van der Waals surface area contributed by atoms with E-state index >= 15 is 0 Å². The Morgan fingerprint density at radius 2 is 1.66 bits per heavy atom. The van der Waals surface area contributed by atoms with E-state index < -0.39 is 12.1 Å². The molecule has 152 valence electrons. The van der Waals surface area contributed by atoms with Crippen LogP contribution in [0, 0.1) is 0 Å². The van der Waals surface area contributed by atoms with Gasteiger partial charge in [-0.3, -0.25) is 14.4 Å². The quantitative estimate of drug-likeness (QED) is 0.705. The van der Waals surface area contributed by atoms with Gasteiger partial charge in [-0.2, -0.15) is 0 Å². The topological polar surface area (TPSA) is 75.7 Å². The number of rotatable bonds is 7. The van der Waals surface area contributed by atoms with E-state index in [1.54, 1.807) is 53.4 Å². The zero-order valence-electron chi connectivity index (χ0n) is 16.0. The van der Waals surface area contributed by atoms with E-state index in [-0.39, 0.29) is 24.8 Å². The van der Waals surface area contributed by atoms with Gasteiger partial charge in [-0.25, -0.2) is 0 Å². The molecule has 0 aromatic heterocycles. The molecule has 3 rings (SSSR count). The molecule has 0 saturated carbocycles. The summed E-state index contributed by atoms with van der Waals surface area (Å²) < 4.78 is 5.52. The molecule has 2 aromatic carbocycles. The van der Waals surface area contributed by atoms with Crippen LogP contribution in [0.5, 0.6) is 0 Å². The summed E-state index contributed by atoms with van der Waals surface area (Å²) in [7, 11) is 0. The average Bonchev–Trinajstić information content (AvgIpc) is 3.27. The molecule has 6 nitrogen and oxygen atoms in total. The molecule has 2 amide bonds. The molecule has 0 radical (unpaired) electrons. The Labute approximate surface area is 174 Å². The van der Waals surface area contributed by atoms with Gasteiger partial charge in [-0.05, 0) is 37.1 Å². The van der Waals surface area contributed by atoms with E-state index in [9.17, 15) is 14.4 Å². The molecule has 2 aromatic rings. The highest BCUT2D eigenvalue weighted by Gasteiger charge is 2.30. The van der Waals surface area contributed by atoms with Crippen molar-refractivity contribution < 1.29 is 19.1 Å². The normalized spacial score (nSPS) is 14.3. The second-order valence-electron chi connectivity index (χ2n) is 6.83. The fraction of sp³-hybridized carbons (Fsp3) is 0.318. The number of carbonyl (C=O) groups is 3. The lowest BCUT2D eigenvalue weighted by molar-refractivity contribution is -0.160. The number of nitrogens with one attached hydrogen (secondary N) is 1. The van der Waals surface area contributed by atoms with Gasteiger partial charge < -0.3 is 15.0 Å². The predicted octanol–water partition coefficient (Wildman–Crippen LogP) is 3.37. The van der Waals surface area contributed by atoms with Gasteiger partial charge in [0.25, 0.3) is 11.8 Å². The molecule has 1 saturated heterocycles. The average molecular weight is 415 g/mol. The molecule has 1 atom stereocenters. The summed E-state index contributed by atoms with van der Waals surface area (Å²) in [6.45, 7) is 1.47. The van der Waals surface area contributed by atoms with Crippen LogP contribution < -0.4 is 5.32 Å². The SMILES string of the molecule is O=C(CCNC(=O)c1ccc(Cl)cc1)O[C@@H](C(=O)N1CCCC1)c1ccccc1. The lowest BCUT2D eigenvalue weighted by Crippen LogP contribution is -2.35. The van der Waals surface area contributed by atoms with Crippen molar-refractivity contribution in [3.05, 3.63) is 70.7 Å². The summed E-state index contributed by atoms with van der Waals surface area (Å²) in [6.07, 6.45) is 0.917. The molecule has 1 fully saturated rings. The number of amides is 2. The summed E-state index contributed by atoms with van der Waals surface area (Å²) >= 11 is 5.81. The fourth-order valence-corrected chi connectivity index (χ4v) is 3.29. The van der Waals surface area contributed by atoms with Crippen LogP contribution >= 0.6 is 11.6 Å². The van der Waals surface area contributed by atoms with Crippen LogP contribution in [0.15, 0.2) is 54.6 Å². The number of hydrogen-bond acceptors (Lipinski definition) is 4. The molecule has 1 N–H and O–H groups in total. The maximum atomic E-state index is 12.8. The van der Waals surface area contributed by atoms with Crippen molar-refractivity contribution in [2.45, 2.75) is 25.4 Å². The maximum Gasteiger partial charge on any atom is 0.308 e. The number of likely N-dealkylation sites (tertiary alicyclic amines) is 1. The first-order valence-electron chi connectivity index (χ1n) is 9.61. The molecule has 1 aliphatic heterocycles. The number of nitrogens with zero attached hydrogens (tertiary/aromatic N) is 1. The molecule has 1 aliphatic rings. The number of carbonyl (C=O) groups excluding carboxylic acids is 3. The summed E-state index contributed by atoms with van der Waals surface area (Å²) in [4.78, 5) is 39.0. The van der Waals surface area contributed by atoms with Gasteiger partial charge in [-0.1, -0.05) is 41.9 Å². The zero-order chi connectivity index (χ0) is 20.6. The molecule has 1 heterocycles. The van der Waals surface area contributed by atoms with Crippen LogP contribution in [-0.4, -0.2) is 42.3 Å². The first-order chi connectivity index (χ1) is 14.0. The Morgan fingerprint density at radius 1 is 1.00 bits per heavy atom. The van der Waals surface area contributed by atoms with Crippen LogP contribution in [0.3, 0.4) is 0 Å². The third-order valence-corrected chi connectivity index (χ3v) is 4.97. The Kier molecular flexibility index (Phi) is 7.25. The molecule has 0 spiro atoms. The number of hydrogen-bond donors (Lipinski definition) is 1. The summed E-state index contributed by atoms with van der Waals surface area (Å²) in [5.41, 5.74) is 1.09. The van der Waals surface area contributed by atoms with Gasteiger partial charge in [0, 0.05) is 35.8 Å². The third-order valence-electron chi connectivity index (χ3n) is 4.71. The first kappa shape index (κ1) is 20.9. The molecule has 0 aliphatic carbocycles. The molecule has 0 unspecified atom stereocenters. The minimum absolute atomic E-state index is 0.0318. The Hall–Kier alpha value is -2.86. The van der Waals surface area contributed by atoms with E-state index in [1.807, 2.05) is 6.07 Å². The summed E-state index contributed by atoms with van der Waals surface area (Å²) in [5, 5.41) is 3.21. The standard InChI is InChI=1S/C22H23ClN2O4/c23-18-10-8-17(9-11-18)21(27)24-13-12-19(26)29-20(16-6-2-1-3-7-16)22(28)25-14-4-5-15-25/h1-3,6-11,20H,4-5,12-15H2,(H,24,27)/t20-/m1/s1. The van der Waals surface area contributed by atoms with Gasteiger partial charge in [0.1, 0.15) is 0 Å². The first-order valence-corrected chi connectivity index (χ1v) is 9.99. The number of esters is 1. The van der Waals surface area contributed by atoms with Crippen molar-refractivity contribution in [3.63, 3.8) is 0 Å². The molecule has 29 heavy (non-hydrogen) atoms. The highest BCUT2D eigenvalue weighted by molar-refractivity contribution is 6.30. The summed E-state index contributed by atoms with van der Waals surface area (Å²) in [6, 6.07) is 15.5. The molecule has 7 heteroatoms. The molecular formula is C22H23ClN2O4. The van der Waals surface area contributed by atoms with Crippen molar-refractivity contribution in [1.29, 1.82) is 0 Å². The second kappa shape index (κ2) is 10.1. The van der Waals surface area contributed by atoms with Crippen molar-refractivity contribution in [2.24, 2.45) is 0 Å². The second-order valence-corrected chi connectivity index (χ2v) is 7.26. The van der Waals surface area contributed by atoms with E-state index in [1.165, 1.54) is 0 Å². The van der Waals surface area contributed by atoms with Crippen LogP contribution in [-0.2, 0) is 14.3 Å². The minimum Gasteiger partial charge on any atom is -0.447 e. The van der Waals surface area contributed by atoms with Crippen LogP contribution in [0.4, 0.5) is 0 Å². The maximum absolute atomic E-state index is 12.8. The lowest BCUT2D eigenvalue weighted by Gasteiger charge is -2.23. The number of benzene rings is 2.